The van der Waals surface area contributed by atoms with Crippen molar-refractivity contribution >= 4 is 27.5 Å². The summed E-state index contributed by atoms with van der Waals surface area (Å²) >= 11 is 0. The molecule has 2 aromatic carbocycles. The van der Waals surface area contributed by atoms with Crippen molar-refractivity contribution < 1.29 is 4.21 Å². The number of pyridine rings is 1. The van der Waals surface area contributed by atoms with Crippen molar-refractivity contribution in [1.29, 1.82) is 0 Å². The van der Waals surface area contributed by atoms with E-state index in [9.17, 15) is 4.21 Å². The summed E-state index contributed by atoms with van der Waals surface area (Å²) < 4.78 is 14.9. The SMILES string of the molecule is O=S(Cc1cccn2cc(-c3ccccc3)nc12)c1nc2ccccc2[nH]1. The second-order valence-corrected chi connectivity index (χ2v) is 7.67. The van der Waals surface area contributed by atoms with Gasteiger partial charge in [-0.25, -0.2) is 9.97 Å². The number of para-hydroxylation sites is 2. The van der Waals surface area contributed by atoms with E-state index in [1.54, 1.807) is 0 Å². The molecule has 0 aliphatic rings. The molecule has 0 aliphatic heterocycles. The molecule has 5 aromatic rings. The maximum Gasteiger partial charge on any atom is 0.197 e. The molecule has 3 heterocycles. The number of imidazole rings is 2. The molecule has 5 rings (SSSR count). The molecule has 132 valence electrons. The van der Waals surface area contributed by atoms with Crippen LogP contribution in [0.15, 0.2) is 84.3 Å². The number of nitrogens with one attached hydrogen (secondary N) is 1. The number of aromatic amines is 1. The molecule has 0 radical (unpaired) electrons. The van der Waals surface area contributed by atoms with Gasteiger partial charge in [0.05, 0.1) is 33.3 Å². The Kier molecular flexibility index (Phi) is 3.83. The highest BCUT2D eigenvalue weighted by Gasteiger charge is 2.14. The molecule has 0 bridgehead atoms. The Balaban J connectivity index is 1.51. The molecule has 0 amide bonds. The number of fused-ring (bicyclic) bond motifs is 2. The van der Waals surface area contributed by atoms with Crippen LogP contribution in [0.3, 0.4) is 0 Å². The average Bonchev–Trinajstić information content (AvgIpc) is 3.33. The zero-order valence-electron chi connectivity index (χ0n) is 14.4. The quantitative estimate of drug-likeness (QED) is 0.515. The first kappa shape index (κ1) is 16.0. The van der Waals surface area contributed by atoms with Gasteiger partial charge in [0, 0.05) is 23.5 Å². The summed E-state index contributed by atoms with van der Waals surface area (Å²) in [6.07, 6.45) is 3.96. The van der Waals surface area contributed by atoms with Crippen LogP contribution in [0, 0.1) is 0 Å². The maximum absolute atomic E-state index is 12.9. The summed E-state index contributed by atoms with van der Waals surface area (Å²) in [5.41, 5.74) is 5.43. The lowest BCUT2D eigenvalue weighted by Gasteiger charge is -2.02. The van der Waals surface area contributed by atoms with Crippen LogP contribution in [-0.2, 0) is 16.6 Å². The summed E-state index contributed by atoms with van der Waals surface area (Å²) in [6.45, 7) is 0. The molecule has 0 fully saturated rings. The monoisotopic (exact) mass is 372 g/mol. The molecule has 6 heteroatoms. The Hall–Kier alpha value is -3.25. The van der Waals surface area contributed by atoms with E-state index in [1.165, 1.54) is 0 Å². The van der Waals surface area contributed by atoms with E-state index in [4.69, 9.17) is 4.98 Å². The molecule has 3 aromatic heterocycles. The third-order valence-corrected chi connectivity index (χ3v) is 5.70. The van der Waals surface area contributed by atoms with Crippen molar-refractivity contribution in [3.63, 3.8) is 0 Å². The van der Waals surface area contributed by atoms with Crippen LogP contribution in [0.4, 0.5) is 0 Å². The van der Waals surface area contributed by atoms with Crippen molar-refractivity contribution in [1.82, 2.24) is 19.4 Å². The molecule has 27 heavy (non-hydrogen) atoms. The molecule has 1 atom stereocenters. The Morgan fingerprint density at radius 2 is 1.74 bits per heavy atom. The topological polar surface area (TPSA) is 63.1 Å². The third-order valence-electron chi connectivity index (χ3n) is 4.50. The molecule has 1 N–H and O–H groups in total. The number of hydrogen-bond donors (Lipinski definition) is 1. The van der Waals surface area contributed by atoms with Crippen LogP contribution >= 0.6 is 0 Å². The van der Waals surface area contributed by atoms with E-state index in [-0.39, 0.29) is 0 Å². The predicted octanol–water partition coefficient (Wildman–Crippen LogP) is 4.19. The van der Waals surface area contributed by atoms with Gasteiger partial charge in [0.2, 0.25) is 0 Å². The first-order valence-corrected chi connectivity index (χ1v) is 9.95. The van der Waals surface area contributed by atoms with Crippen molar-refractivity contribution in [2.24, 2.45) is 0 Å². The fraction of sp³-hybridized carbons (Fsp3) is 0.0476. The maximum atomic E-state index is 12.9. The van der Waals surface area contributed by atoms with E-state index < -0.39 is 10.8 Å². The highest BCUT2D eigenvalue weighted by atomic mass is 32.2. The van der Waals surface area contributed by atoms with Gasteiger partial charge in [0.1, 0.15) is 5.65 Å². The van der Waals surface area contributed by atoms with E-state index >= 15 is 0 Å². The fourth-order valence-corrected chi connectivity index (χ4v) is 4.25. The Bertz CT molecular complexity index is 1240. The van der Waals surface area contributed by atoms with Gasteiger partial charge in [-0.1, -0.05) is 48.5 Å². The lowest BCUT2D eigenvalue weighted by atomic mass is 10.2. The van der Waals surface area contributed by atoms with Crippen LogP contribution < -0.4 is 0 Å². The van der Waals surface area contributed by atoms with Crippen molar-refractivity contribution in [2.75, 3.05) is 0 Å². The van der Waals surface area contributed by atoms with Gasteiger partial charge in [-0.3, -0.25) is 4.21 Å². The van der Waals surface area contributed by atoms with Crippen LogP contribution in [0.5, 0.6) is 0 Å². The molecule has 5 nitrogen and oxygen atoms in total. The summed E-state index contributed by atoms with van der Waals surface area (Å²) in [5.74, 6) is 0.357. The minimum absolute atomic E-state index is 0.357. The zero-order valence-corrected chi connectivity index (χ0v) is 15.2. The first-order chi connectivity index (χ1) is 13.3. The molecule has 0 spiro atoms. The lowest BCUT2D eigenvalue weighted by molar-refractivity contribution is 0.677. The van der Waals surface area contributed by atoms with Crippen LogP contribution in [-0.4, -0.2) is 23.6 Å². The summed E-state index contributed by atoms with van der Waals surface area (Å²) in [5, 5.41) is 0.494. The molecular weight excluding hydrogens is 356 g/mol. The number of benzene rings is 2. The normalized spacial score (nSPS) is 12.6. The standard InChI is InChI=1S/C21H16N4OS/c26-27(21-23-17-10-4-5-11-18(17)24-21)14-16-9-6-12-25-13-19(22-20(16)25)15-7-2-1-3-8-15/h1-13H,14H2,(H,23,24). The van der Waals surface area contributed by atoms with Crippen molar-refractivity contribution in [3.05, 3.63) is 84.7 Å². The minimum atomic E-state index is -1.28. The van der Waals surface area contributed by atoms with Crippen LogP contribution in [0.2, 0.25) is 0 Å². The van der Waals surface area contributed by atoms with E-state index in [0.29, 0.717) is 10.9 Å². The Morgan fingerprint density at radius 3 is 2.59 bits per heavy atom. The van der Waals surface area contributed by atoms with Crippen LogP contribution in [0.25, 0.3) is 27.9 Å². The van der Waals surface area contributed by atoms with Gasteiger partial charge in [-0.05, 0) is 18.2 Å². The Labute approximate surface area is 158 Å². The van der Waals surface area contributed by atoms with E-state index in [0.717, 1.165) is 33.5 Å². The molecule has 0 saturated carbocycles. The highest BCUT2D eigenvalue weighted by molar-refractivity contribution is 7.84. The van der Waals surface area contributed by atoms with Gasteiger partial charge in [-0.2, -0.15) is 0 Å². The highest BCUT2D eigenvalue weighted by Crippen LogP contribution is 2.22. The van der Waals surface area contributed by atoms with Gasteiger partial charge in [-0.15, -0.1) is 0 Å². The number of rotatable bonds is 4. The van der Waals surface area contributed by atoms with Gasteiger partial charge in [0.25, 0.3) is 0 Å². The van der Waals surface area contributed by atoms with Gasteiger partial charge in [0.15, 0.2) is 5.16 Å². The van der Waals surface area contributed by atoms with Gasteiger partial charge < -0.3 is 9.38 Å². The first-order valence-electron chi connectivity index (χ1n) is 8.63. The summed E-state index contributed by atoms with van der Waals surface area (Å²) in [6, 6.07) is 21.7. The van der Waals surface area contributed by atoms with Crippen molar-refractivity contribution in [2.45, 2.75) is 10.9 Å². The number of hydrogen-bond acceptors (Lipinski definition) is 3. The Morgan fingerprint density at radius 1 is 0.926 bits per heavy atom. The second-order valence-electron chi connectivity index (χ2n) is 6.31. The second kappa shape index (κ2) is 6.48. The molecule has 0 aliphatic carbocycles. The van der Waals surface area contributed by atoms with Gasteiger partial charge >= 0.3 is 0 Å². The predicted molar refractivity (Wildman–Crippen MR) is 107 cm³/mol. The minimum Gasteiger partial charge on any atom is -0.331 e. The molecule has 1 unspecified atom stereocenters. The summed E-state index contributed by atoms with van der Waals surface area (Å²) in [7, 11) is -1.28. The van der Waals surface area contributed by atoms with E-state index in [2.05, 4.69) is 9.97 Å². The molecule has 0 saturated heterocycles. The number of nitrogens with zero attached hydrogens (tertiary/aromatic N) is 3. The van der Waals surface area contributed by atoms with Crippen molar-refractivity contribution in [3.8, 4) is 11.3 Å². The van der Waals surface area contributed by atoms with Crippen LogP contribution in [0.1, 0.15) is 5.56 Å². The summed E-state index contributed by atoms with van der Waals surface area (Å²) in [4.78, 5) is 12.4. The number of aromatic nitrogens is 4. The number of H-pyrrole nitrogens is 1. The zero-order chi connectivity index (χ0) is 18.2. The largest absolute Gasteiger partial charge is 0.331 e. The average molecular weight is 372 g/mol. The third kappa shape index (κ3) is 2.94. The lowest BCUT2D eigenvalue weighted by Crippen LogP contribution is -2.00. The fourth-order valence-electron chi connectivity index (χ4n) is 3.18. The molecular formula is C21H16N4OS. The smallest absolute Gasteiger partial charge is 0.197 e. The van der Waals surface area contributed by atoms with E-state index in [1.807, 2.05) is 83.5 Å².